The van der Waals surface area contributed by atoms with Crippen LogP contribution in [0.3, 0.4) is 0 Å². The standard InChI is InChI=1S/C11H20N4O/c1-7(2)8(3)15-11-9(16-5)10(12-4)13-6-14-11/h6-8H,1-5H3,(H2,12,13,14,15). The largest absolute Gasteiger partial charge is 0.490 e. The lowest BCUT2D eigenvalue weighted by molar-refractivity contribution is 0.413. The average Bonchev–Trinajstić information content (AvgIpc) is 2.28. The van der Waals surface area contributed by atoms with Crippen molar-refractivity contribution in [1.82, 2.24) is 9.97 Å². The van der Waals surface area contributed by atoms with Gasteiger partial charge in [0, 0.05) is 13.1 Å². The van der Waals surface area contributed by atoms with Crippen LogP contribution in [0.2, 0.25) is 0 Å². The van der Waals surface area contributed by atoms with Crippen molar-refractivity contribution in [1.29, 1.82) is 0 Å². The predicted molar refractivity (Wildman–Crippen MR) is 66.1 cm³/mol. The number of aromatic nitrogens is 2. The summed E-state index contributed by atoms with van der Waals surface area (Å²) in [5, 5.41) is 6.29. The van der Waals surface area contributed by atoms with Crippen LogP contribution < -0.4 is 15.4 Å². The van der Waals surface area contributed by atoms with Crippen LogP contribution >= 0.6 is 0 Å². The molecule has 0 spiro atoms. The van der Waals surface area contributed by atoms with Gasteiger partial charge in [0.05, 0.1) is 7.11 Å². The van der Waals surface area contributed by atoms with Crippen molar-refractivity contribution in [3.8, 4) is 5.75 Å². The van der Waals surface area contributed by atoms with E-state index in [-0.39, 0.29) is 0 Å². The molecule has 1 aromatic heterocycles. The highest BCUT2D eigenvalue weighted by molar-refractivity contribution is 5.63. The Hall–Kier alpha value is -1.52. The molecule has 0 bridgehead atoms. The molecule has 0 aliphatic heterocycles. The van der Waals surface area contributed by atoms with Crippen molar-refractivity contribution in [2.24, 2.45) is 5.92 Å². The van der Waals surface area contributed by atoms with Crippen molar-refractivity contribution >= 4 is 11.6 Å². The maximum absolute atomic E-state index is 5.30. The fourth-order valence-corrected chi connectivity index (χ4v) is 1.23. The molecule has 0 radical (unpaired) electrons. The molecule has 1 unspecified atom stereocenters. The van der Waals surface area contributed by atoms with Crippen molar-refractivity contribution in [3.63, 3.8) is 0 Å². The van der Waals surface area contributed by atoms with E-state index < -0.39 is 0 Å². The van der Waals surface area contributed by atoms with Crippen molar-refractivity contribution < 1.29 is 4.74 Å². The van der Waals surface area contributed by atoms with Crippen LogP contribution in [0.1, 0.15) is 20.8 Å². The molecule has 0 saturated heterocycles. The number of nitrogens with zero attached hydrogens (tertiary/aromatic N) is 2. The lowest BCUT2D eigenvalue weighted by Crippen LogP contribution is -2.22. The van der Waals surface area contributed by atoms with Gasteiger partial charge in [-0.2, -0.15) is 0 Å². The Kier molecular flexibility index (Phi) is 4.34. The zero-order valence-electron chi connectivity index (χ0n) is 10.5. The molecule has 16 heavy (non-hydrogen) atoms. The third-order valence-electron chi connectivity index (χ3n) is 2.61. The number of rotatable bonds is 5. The molecule has 1 aromatic rings. The highest BCUT2D eigenvalue weighted by Gasteiger charge is 2.14. The summed E-state index contributed by atoms with van der Waals surface area (Å²) in [7, 11) is 3.42. The molecule has 0 aromatic carbocycles. The Bertz CT molecular complexity index is 341. The third-order valence-corrected chi connectivity index (χ3v) is 2.61. The lowest BCUT2D eigenvalue weighted by atomic mass is 10.1. The van der Waals surface area contributed by atoms with Gasteiger partial charge in [0.2, 0.25) is 5.75 Å². The first-order chi connectivity index (χ1) is 7.60. The maximum Gasteiger partial charge on any atom is 0.204 e. The number of methoxy groups -OCH3 is 1. The van der Waals surface area contributed by atoms with Crippen molar-refractivity contribution in [3.05, 3.63) is 6.33 Å². The Morgan fingerprint density at radius 2 is 1.81 bits per heavy atom. The Balaban J connectivity index is 2.95. The number of ether oxygens (including phenoxy) is 1. The molecule has 1 heterocycles. The molecular formula is C11H20N4O. The summed E-state index contributed by atoms with van der Waals surface area (Å²) in [5.41, 5.74) is 0. The van der Waals surface area contributed by atoms with Crippen LogP contribution in [0.4, 0.5) is 11.6 Å². The molecule has 0 amide bonds. The van der Waals surface area contributed by atoms with E-state index in [2.05, 4.69) is 41.4 Å². The van der Waals surface area contributed by atoms with Crippen LogP contribution in [0.15, 0.2) is 6.33 Å². The molecule has 0 saturated carbocycles. The molecule has 1 atom stereocenters. The maximum atomic E-state index is 5.30. The zero-order chi connectivity index (χ0) is 12.1. The average molecular weight is 224 g/mol. The molecule has 0 fully saturated rings. The second-order valence-corrected chi connectivity index (χ2v) is 4.03. The molecule has 0 aliphatic carbocycles. The monoisotopic (exact) mass is 224 g/mol. The summed E-state index contributed by atoms with van der Waals surface area (Å²) in [4.78, 5) is 8.29. The van der Waals surface area contributed by atoms with Crippen LogP contribution in [-0.4, -0.2) is 30.2 Å². The molecule has 5 heteroatoms. The summed E-state index contributed by atoms with van der Waals surface area (Å²) in [6.07, 6.45) is 1.52. The van der Waals surface area contributed by atoms with Crippen molar-refractivity contribution in [2.45, 2.75) is 26.8 Å². The number of hydrogen-bond acceptors (Lipinski definition) is 5. The fourth-order valence-electron chi connectivity index (χ4n) is 1.23. The van der Waals surface area contributed by atoms with Crippen molar-refractivity contribution in [2.75, 3.05) is 24.8 Å². The normalized spacial score (nSPS) is 12.4. The summed E-state index contributed by atoms with van der Waals surface area (Å²) >= 11 is 0. The van der Waals surface area contributed by atoms with Crippen LogP contribution in [0.25, 0.3) is 0 Å². The van der Waals surface area contributed by atoms with E-state index in [1.807, 2.05) is 0 Å². The summed E-state index contributed by atoms with van der Waals surface area (Å²) in [6.45, 7) is 6.43. The Morgan fingerprint density at radius 3 is 2.31 bits per heavy atom. The molecule has 0 aliphatic rings. The molecule has 1 rings (SSSR count). The Labute approximate surface area is 96.6 Å². The highest BCUT2D eigenvalue weighted by atomic mass is 16.5. The number of hydrogen-bond donors (Lipinski definition) is 2. The van der Waals surface area contributed by atoms with E-state index in [4.69, 9.17) is 4.74 Å². The summed E-state index contributed by atoms with van der Waals surface area (Å²) < 4.78 is 5.30. The minimum Gasteiger partial charge on any atom is -0.490 e. The first-order valence-electron chi connectivity index (χ1n) is 5.43. The first-order valence-corrected chi connectivity index (χ1v) is 5.43. The SMILES string of the molecule is CNc1ncnc(NC(C)C(C)C)c1OC. The molecular weight excluding hydrogens is 204 g/mol. The van der Waals surface area contributed by atoms with E-state index in [1.165, 1.54) is 6.33 Å². The van der Waals surface area contributed by atoms with E-state index in [1.54, 1.807) is 14.2 Å². The zero-order valence-corrected chi connectivity index (χ0v) is 10.5. The van der Waals surface area contributed by atoms with Gasteiger partial charge in [0.1, 0.15) is 6.33 Å². The first kappa shape index (κ1) is 12.5. The van der Waals surface area contributed by atoms with Crippen LogP contribution in [0.5, 0.6) is 5.75 Å². The van der Waals surface area contributed by atoms with Gasteiger partial charge in [-0.25, -0.2) is 9.97 Å². The predicted octanol–water partition coefficient (Wildman–Crippen LogP) is 1.98. The minimum absolute atomic E-state index is 0.327. The molecule has 5 nitrogen and oxygen atoms in total. The van der Waals surface area contributed by atoms with Gasteiger partial charge in [-0.3, -0.25) is 0 Å². The van der Waals surface area contributed by atoms with Gasteiger partial charge in [0.15, 0.2) is 11.6 Å². The third kappa shape index (κ3) is 2.74. The summed E-state index contributed by atoms with van der Waals surface area (Å²) in [6, 6.07) is 0.327. The van der Waals surface area contributed by atoms with E-state index >= 15 is 0 Å². The van der Waals surface area contributed by atoms with E-state index in [0.717, 1.165) is 5.82 Å². The van der Waals surface area contributed by atoms with Gasteiger partial charge < -0.3 is 15.4 Å². The van der Waals surface area contributed by atoms with Crippen LogP contribution in [-0.2, 0) is 0 Å². The van der Waals surface area contributed by atoms with Gasteiger partial charge >= 0.3 is 0 Å². The smallest absolute Gasteiger partial charge is 0.204 e. The van der Waals surface area contributed by atoms with Gasteiger partial charge in [-0.05, 0) is 12.8 Å². The fraction of sp³-hybridized carbons (Fsp3) is 0.636. The molecule has 2 N–H and O–H groups in total. The quantitative estimate of drug-likeness (QED) is 0.801. The topological polar surface area (TPSA) is 59.1 Å². The number of anilines is 2. The highest BCUT2D eigenvalue weighted by Crippen LogP contribution is 2.29. The van der Waals surface area contributed by atoms with Gasteiger partial charge in [0.25, 0.3) is 0 Å². The van der Waals surface area contributed by atoms with Gasteiger partial charge in [-0.1, -0.05) is 13.8 Å². The molecule has 90 valence electrons. The van der Waals surface area contributed by atoms with E-state index in [0.29, 0.717) is 23.5 Å². The number of nitrogens with one attached hydrogen (secondary N) is 2. The Morgan fingerprint density at radius 1 is 1.19 bits per heavy atom. The second-order valence-electron chi connectivity index (χ2n) is 4.03. The van der Waals surface area contributed by atoms with Crippen LogP contribution in [0, 0.1) is 5.92 Å². The summed E-state index contributed by atoms with van der Waals surface area (Å²) in [5.74, 6) is 2.59. The minimum atomic E-state index is 0.327. The second kappa shape index (κ2) is 5.53. The lowest BCUT2D eigenvalue weighted by Gasteiger charge is -2.20. The van der Waals surface area contributed by atoms with E-state index in [9.17, 15) is 0 Å². The van der Waals surface area contributed by atoms with Gasteiger partial charge in [-0.15, -0.1) is 0 Å².